The molecule has 1 aliphatic heterocycles. The van der Waals surface area contributed by atoms with Crippen molar-refractivity contribution in [1.82, 2.24) is 4.90 Å². The molecule has 2 rings (SSSR count). The largest absolute Gasteiger partial charge is 0.573 e. The van der Waals surface area contributed by atoms with Gasteiger partial charge in [0.25, 0.3) is 0 Å². The first-order valence-electron chi connectivity index (χ1n) is 6.58. The number of benzene rings is 1. The number of piperidine rings is 1. The van der Waals surface area contributed by atoms with Crippen LogP contribution >= 0.6 is 0 Å². The molecule has 0 spiro atoms. The van der Waals surface area contributed by atoms with Gasteiger partial charge < -0.3 is 9.84 Å². The van der Waals surface area contributed by atoms with Crippen molar-refractivity contribution in [2.45, 2.75) is 32.4 Å². The molecule has 1 aliphatic rings. The Morgan fingerprint density at radius 2 is 1.95 bits per heavy atom. The van der Waals surface area contributed by atoms with E-state index in [9.17, 15) is 18.3 Å². The molecular weight excluding hydrogens is 271 g/mol. The van der Waals surface area contributed by atoms with Gasteiger partial charge in [-0.2, -0.15) is 0 Å². The summed E-state index contributed by atoms with van der Waals surface area (Å²) >= 11 is 0. The van der Waals surface area contributed by atoms with Gasteiger partial charge in [0.15, 0.2) is 0 Å². The summed E-state index contributed by atoms with van der Waals surface area (Å²) in [5.41, 5.74) is 0.933. The van der Waals surface area contributed by atoms with Crippen LogP contribution in [0.3, 0.4) is 0 Å². The van der Waals surface area contributed by atoms with Gasteiger partial charge in [0.05, 0.1) is 6.10 Å². The van der Waals surface area contributed by atoms with Gasteiger partial charge in [-0.15, -0.1) is 13.2 Å². The predicted molar refractivity (Wildman–Crippen MR) is 68.2 cm³/mol. The highest BCUT2D eigenvalue weighted by Gasteiger charge is 2.31. The summed E-state index contributed by atoms with van der Waals surface area (Å²) in [5.74, 6) is 0.0141. The minimum atomic E-state index is -4.65. The molecule has 0 aromatic heterocycles. The second-order valence-electron chi connectivity index (χ2n) is 5.26. The summed E-state index contributed by atoms with van der Waals surface area (Å²) in [6.45, 7) is 4.26. The van der Waals surface area contributed by atoms with Crippen molar-refractivity contribution < 1.29 is 23.0 Å². The van der Waals surface area contributed by atoms with Crippen LogP contribution in [0.4, 0.5) is 13.2 Å². The zero-order chi connectivity index (χ0) is 14.8. The average Bonchev–Trinajstić information content (AvgIpc) is 2.35. The van der Waals surface area contributed by atoms with Gasteiger partial charge >= 0.3 is 6.36 Å². The number of ether oxygens (including phenoxy) is 1. The molecule has 0 saturated carbocycles. The van der Waals surface area contributed by atoms with Crippen LogP contribution in [0.5, 0.6) is 5.75 Å². The third kappa shape index (κ3) is 4.38. The Balaban J connectivity index is 1.91. The Hall–Kier alpha value is -1.27. The molecule has 0 bridgehead atoms. The quantitative estimate of drug-likeness (QED) is 0.928. The second kappa shape index (κ2) is 6.01. The number of hydrogen-bond donors (Lipinski definition) is 1. The standard InChI is InChI=1S/C14H18F3NO2/c1-10-8-18(7-6-13(10)19)9-11-2-4-12(5-3-11)20-14(15,16)17/h2-5,10,13,19H,6-9H2,1H3. The fraction of sp³-hybridized carbons (Fsp3) is 0.571. The topological polar surface area (TPSA) is 32.7 Å². The molecular formula is C14H18F3NO2. The van der Waals surface area contributed by atoms with Gasteiger partial charge in [0.2, 0.25) is 0 Å². The van der Waals surface area contributed by atoms with E-state index < -0.39 is 6.36 Å². The van der Waals surface area contributed by atoms with Gasteiger partial charge in [-0.3, -0.25) is 4.90 Å². The van der Waals surface area contributed by atoms with Crippen LogP contribution in [0.1, 0.15) is 18.9 Å². The number of hydrogen-bond acceptors (Lipinski definition) is 3. The monoisotopic (exact) mass is 289 g/mol. The van der Waals surface area contributed by atoms with E-state index >= 15 is 0 Å². The number of alkyl halides is 3. The number of nitrogens with zero attached hydrogens (tertiary/aromatic N) is 1. The zero-order valence-corrected chi connectivity index (χ0v) is 11.2. The lowest BCUT2D eigenvalue weighted by molar-refractivity contribution is -0.274. The highest BCUT2D eigenvalue weighted by atomic mass is 19.4. The van der Waals surface area contributed by atoms with Gasteiger partial charge in [-0.25, -0.2) is 0 Å². The van der Waals surface area contributed by atoms with Gasteiger partial charge in [-0.1, -0.05) is 19.1 Å². The summed E-state index contributed by atoms with van der Waals surface area (Å²) in [5, 5.41) is 9.66. The smallest absolute Gasteiger partial charge is 0.406 e. The number of rotatable bonds is 3. The third-order valence-corrected chi connectivity index (χ3v) is 3.51. The van der Waals surface area contributed by atoms with Crippen molar-refractivity contribution >= 4 is 0 Å². The molecule has 2 atom stereocenters. The van der Waals surface area contributed by atoms with Crippen LogP contribution in [0.25, 0.3) is 0 Å². The zero-order valence-electron chi connectivity index (χ0n) is 11.2. The summed E-state index contributed by atoms with van der Waals surface area (Å²) in [4.78, 5) is 2.19. The van der Waals surface area contributed by atoms with E-state index in [-0.39, 0.29) is 17.8 Å². The molecule has 1 fully saturated rings. The van der Waals surface area contributed by atoms with E-state index in [1.165, 1.54) is 12.1 Å². The van der Waals surface area contributed by atoms with Gasteiger partial charge in [-0.05, 0) is 30.0 Å². The van der Waals surface area contributed by atoms with Gasteiger partial charge in [0.1, 0.15) is 5.75 Å². The van der Waals surface area contributed by atoms with Crippen LogP contribution in [0, 0.1) is 5.92 Å². The maximum absolute atomic E-state index is 12.0. The molecule has 0 amide bonds. The third-order valence-electron chi connectivity index (χ3n) is 3.51. The van der Waals surface area contributed by atoms with E-state index in [4.69, 9.17) is 0 Å². The number of aliphatic hydroxyl groups excluding tert-OH is 1. The Kier molecular flexibility index (Phi) is 4.55. The van der Waals surface area contributed by atoms with E-state index in [0.717, 1.165) is 25.1 Å². The lowest BCUT2D eigenvalue weighted by Crippen LogP contribution is -2.41. The predicted octanol–water partition coefficient (Wildman–Crippen LogP) is 2.79. The van der Waals surface area contributed by atoms with Gasteiger partial charge in [0, 0.05) is 19.6 Å². The van der Waals surface area contributed by atoms with Crippen molar-refractivity contribution in [1.29, 1.82) is 0 Å². The lowest BCUT2D eigenvalue weighted by Gasteiger charge is -2.34. The average molecular weight is 289 g/mol. The van der Waals surface area contributed by atoms with Crippen molar-refractivity contribution in [3.63, 3.8) is 0 Å². The molecule has 6 heteroatoms. The Labute approximate surface area is 116 Å². The first-order valence-corrected chi connectivity index (χ1v) is 6.58. The highest BCUT2D eigenvalue weighted by Crippen LogP contribution is 2.24. The first-order chi connectivity index (χ1) is 9.33. The van der Waals surface area contributed by atoms with Crippen molar-refractivity contribution in [2.24, 2.45) is 5.92 Å². The Morgan fingerprint density at radius 3 is 2.50 bits per heavy atom. The Morgan fingerprint density at radius 1 is 1.30 bits per heavy atom. The van der Waals surface area contributed by atoms with Crippen molar-refractivity contribution in [3.8, 4) is 5.75 Å². The van der Waals surface area contributed by atoms with Crippen LogP contribution in [-0.4, -0.2) is 35.6 Å². The molecule has 112 valence electrons. The normalized spacial score (nSPS) is 24.6. The molecule has 3 nitrogen and oxygen atoms in total. The van der Waals surface area contributed by atoms with E-state index in [1.54, 1.807) is 12.1 Å². The Bertz CT molecular complexity index is 433. The molecule has 1 saturated heterocycles. The maximum Gasteiger partial charge on any atom is 0.573 e. The molecule has 1 aromatic carbocycles. The SMILES string of the molecule is CC1CN(Cc2ccc(OC(F)(F)F)cc2)CCC1O. The number of likely N-dealkylation sites (tertiary alicyclic amines) is 1. The molecule has 20 heavy (non-hydrogen) atoms. The molecule has 1 N–H and O–H groups in total. The van der Waals surface area contributed by atoms with E-state index in [0.29, 0.717) is 6.54 Å². The molecule has 0 aliphatic carbocycles. The molecule has 1 aromatic rings. The van der Waals surface area contributed by atoms with Crippen molar-refractivity contribution in [3.05, 3.63) is 29.8 Å². The fourth-order valence-electron chi connectivity index (χ4n) is 2.42. The molecule has 1 heterocycles. The maximum atomic E-state index is 12.0. The highest BCUT2D eigenvalue weighted by molar-refractivity contribution is 5.27. The van der Waals surface area contributed by atoms with E-state index in [1.807, 2.05) is 6.92 Å². The van der Waals surface area contributed by atoms with E-state index in [2.05, 4.69) is 9.64 Å². The van der Waals surface area contributed by atoms with Crippen LogP contribution in [0.15, 0.2) is 24.3 Å². The van der Waals surface area contributed by atoms with Crippen LogP contribution in [-0.2, 0) is 6.54 Å². The fourth-order valence-corrected chi connectivity index (χ4v) is 2.42. The summed E-state index contributed by atoms with van der Waals surface area (Å²) in [7, 11) is 0. The summed E-state index contributed by atoms with van der Waals surface area (Å²) in [6, 6.07) is 5.92. The molecule has 0 radical (unpaired) electrons. The van der Waals surface area contributed by atoms with Crippen LogP contribution in [0.2, 0.25) is 0 Å². The first kappa shape index (κ1) is 15.1. The second-order valence-corrected chi connectivity index (χ2v) is 5.26. The summed E-state index contributed by atoms with van der Waals surface area (Å²) < 4.78 is 40.0. The number of aliphatic hydroxyl groups is 1. The minimum absolute atomic E-state index is 0.205. The number of halogens is 3. The van der Waals surface area contributed by atoms with Crippen LogP contribution < -0.4 is 4.74 Å². The minimum Gasteiger partial charge on any atom is -0.406 e. The molecule has 2 unspecified atom stereocenters. The van der Waals surface area contributed by atoms with Crippen molar-refractivity contribution in [2.75, 3.05) is 13.1 Å². The summed E-state index contributed by atoms with van der Waals surface area (Å²) in [6.07, 6.45) is -4.18. The lowest BCUT2D eigenvalue weighted by atomic mass is 9.96.